The summed E-state index contributed by atoms with van der Waals surface area (Å²) in [6.45, 7) is 9.04. The van der Waals surface area contributed by atoms with Gasteiger partial charge in [-0.05, 0) is 81.8 Å². The number of amides is 2. The lowest BCUT2D eigenvalue weighted by molar-refractivity contribution is -0.122. The van der Waals surface area contributed by atoms with Gasteiger partial charge in [0.15, 0.2) is 0 Å². The second-order valence-corrected chi connectivity index (χ2v) is 9.86. The van der Waals surface area contributed by atoms with Crippen molar-refractivity contribution in [1.82, 2.24) is 10.6 Å². The minimum Gasteiger partial charge on any atom is -0.497 e. The van der Waals surface area contributed by atoms with Crippen LogP contribution in [0, 0.1) is 6.92 Å². The highest BCUT2D eigenvalue weighted by Crippen LogP contribution is 2.23. The summed E-state index contributed by atoms with van der Waals surface area (Å²) < 4.78 is 11.1. The summed E-state index contributed by atoms with van der Waals surface area (Å²) in [5, 5.41) is 9.20. The Labute approximate surface area is 219 Å². The molecule has 0 spiro atoms. The van der Waals surface area contributed by atoms with Crippen LogP contribution in [-0.2, 0) is 4.79 Å². The van der Waals surface area contributed by atoms with E-state index in [1.165, 1.54) is 0 Å². The molecule has 0 aliphatic carbocycles. The highest BCUT2D eigenvalue weighted by molar-refractivity contribution is 5.95. The zero-order chi connectivity index (χ0) is 26.8. The van der Waals surface area contributed by atoms with Crippen LogP contribution < -0.4 is 25.4 Å². The average Bonchev–Trinajstić information content (AvgIpc) is 2.87. The van der Waals surface area contributed by atoms with E-state index >= 15 is 0 Å². The van der Waals surface area contributed by atoms with Gasteiger partial charge in [-0.1, -0.05) is 29.8 Å². The molecule has 0 fully saturated rings. The Balaban J connectivity index is 1.64. The molecule has 0 heterocycles. The van der Waals surface area contributed by atoms with E-state index in [2.05, 4.69) is 16.0 Å². The first-order valence-electron chi connectivity index (χ1n) is 12.4. The van der Waals surface area contributed by atoms with Gasteiger partial charge < -0.3 is 25.4 Å². The molecule has 0 aliphatic rings. The van der Waals surface area contributed by atoms with Crippen molar-refractivity contribution in [1.29, 1.82) is 0 Å². The summed E-state index contributed by atoms with van der Waals surface area (Å²) in [6.07, 6.45) is 0. The molecule has 2 amide bonds. The fourth-order valence-electron chi connectivity index (χ4n) is 3.79. The van der Waals surface area contributed by atoms with E-state index < -0.39 is 5.92 Å². The Hall–Kier alpha value is -4.00. The van der Waals surface area contributed by atoms with Crippen LogP contribution in [0.1, 0.15) is 48.2 Å². The maximum absolute atomic E-state index is 13.2. The lowest BCUT2D eigenvalue weighted by Gasteiger charge is -2.22. The molecule has 196 valence electrons. The predicted octanol–water partition coefficient (Wildman–Crippen LogP) is 4.92. The summed E-state index contributed by atoms with van der Waals surface area (Å²) in [5.41, 5.74) is 2.98. The number of anilines is 1. The zero-order valence-electron chi connectivity index (χ0n) is 22.3. The average molecular weight is 504 g/mol. The van der Waals surface area contributed by atoms with Gasteiger partial charge in [0, 0.05) is 30.9 Å². The van der Waals surface area contributed by atoms with Gasteiger partial charge >= 0.3 is 0 Å². The van der Waals surface area contributed by atoms with Crippen molar-refractivity contribution in [3.63, 3.8) is 0 Å². The number of ether oxygens (including phenoxy) is 2. The molecule has 3 aromatic rings. The number of methoxy groups -OCH3 is 1. The van der Waals surface area contributed by atoms with Crippen molar-refractivity contribution in [2.24, 2.45) is 0 Å². The molecule has 7 nitrogen and oxygen atoms in total. The molecule has 0 radical (unpaired) electrons. The molecular weight excluding hydrogens is 466 g/mol. The van der Waals surface area contributed by atoms with Crippen molar-refractivity contribution >= 4 is 17.5 Å². The van der Waals surface area contributed by atoms with Crippen LogP contribution in [0.3, 0.4) is 0 Å². The third kappa shape index (κ3) is 8.86. The van der Waals surface area contributed by atoms with Gasteiger partial charge in [-0.2, -0.15) is 0 Å². The SMILES string of the molecule is COc1ccc(NCCNC(=O)C(CNC(=O)c2cccc(C)c2)c2ccc(OC(C)(C)C)cc2)cc1. The molecule has 0 bridgehead atoms. The van der Waals surface area contributed by atoms with E-state index in [1.807, 2.05) is 94.4 Å². The van der Waals surface area contributed by atoms with Crippen molar-refractivity contribution in [2.45, 2.75) is 39.2 Å². The maximum Gasteiger partial charge on any atom is 0.251 e. The molecule has 1 unspecified atom stereocenters. The molecular formula is C30H37N3O4. The Kier molecular flexibility index (Phi) is 9.55. The van der Waals surface area contributed by atoms with Crippen LogP contribution in [0.2, 0.25) is 0 Å². The number of nitrogens with one attached hydrogen (secondary N) is 3. The van der Waals surface area contributed by atoms with Crippen molar-refractivity contribution in [3.05, 3.63) is 89.5 Å². The van der Waals surface area contributed by atoms with Crippen LogP contribution in [0.4, 0.5) is 5.69 Å². The van der Waals surface area contributed by atoms with E-state index in [0.29, 0.717) is 18.7 Å². The first kappa shape index (κ1) is 27.6. The van der Waals surface area contributed by atoms with Crippen LogP contribution in [-0.4, -0.2) is 44.2 Å². The van der Waals surface area contributed by atoms with Crippen LogP contribution in [0.5, 0.6) is 11.5 Å². The van der Waals surface area contributed by atoms with E-state index in [4.69, 9.17) is 9.47 Å². The standard InChI is InChI=1S/C30H37N3O4/c1-21-7-6-8-23(19-21)28(34)33-20-27(22-9-13-26(14-10-22)37-30(2,3)4)29(35)32-18-17-31-24-11-15-25(36-5)16-12-24/h6-16,19,27,31H,17-18,20H2,1-5H3,(H,32,35)(H,33,34). The number of hydrogen-bond donors (Lipinski definition) is 3. The van der Waals surface area contributed by atoms with Gasteiger partial charge in [0.05, 0.1) is 13.0 Å². The summed E-state index contributed by atoms with van der Waals surface area (Å²) >= 11 is 0. The van der Waals surface area contributed by atoms with Crippen molar-refractivity contribution < 1.29 is 19.1 Å². The monoisotopic (exact) mass is 503 g/mol. The fraction of sp³-hybridized carbons (Fsp3) is 0.333. The molecule has 0 aromatic heterocycles. The molecule has 3 N–H and O–H groups in total. The normalized spacial score (nSPS) is 11.8. The molecule has 3 rings (SSSR count). The van der Waals surface area contributed by atoms with Gasteiger partial charge in [-0.15, -0.1) is 0 Å². The minimum absolute atomic E-state index is 0.162. The largest absolute Gasteiger partial charge is 0.497 e. The molecule has 3 aromatic carbocycles. The molecule has 0 aliphatic heterocycles. The summed E-state index contributed by atoms with van der Waals surface area (Å²) in [5.74, 6) is 0.579. The molecule has 0 saturated heterocycles. The van der Waals surface area contributed by atoms with Gasteiger partial charge in [0.2, 0.25) is 5.91 Å². The fourth-order valence-corrected chi connectivity index (χ4v) is 3.79. The van der Waals surface area contributed by atoms with Crippen LogP contribution in [0.25, 0.3) is 0 Å². The number of aryl methyl sites for hydroxylation is 1. The summed E-state index contributed by atoms with van der Waals surface area (Å²) in [4.78, 5) is 26.0. The predicted molar refractivity (Wildman–Crippen MR) is 148 cm³/mol. The quantitative estimate of drug-likeness (QED) is 0.323. The lowest BCUT2D eigenvalue weighted by atomic mass is 9.97. The molecule has 7 heteroatoms. The second-order valence-electron chi connectivity index (χ2n) is 9.86. The van der Waals surface area contributed by atoms with E-state index in [-0.39, 0.29) is 24.0 Å². The first-order chi connectivity index (χ1) is 17.6. The lowest BCUT2D eigenvalue weighted by Crippen LogP contribution is -2.39. The minimum atomic E-state index is -0.557. The topological polar surface area (TPSA) is 88.7 Å². The van der Waals surface area contributed by atoms with Crippen molar-refractivity contribution in [2.75, 3.05) is 32.1 Å². The molecule has 37 heavy (non-hydrogen) atoms. The van der Waals surface area contributed by atoms with Gasteiger partial charge in [0.1, 0.15) is 17.1 Å². The van der Waals surface area contributed by atoms with Gasteiger partial charge in [-0.25, -0.2) is 0 Å². The highest BCUT2D eigenvalue weighted by Gasteiger charge is 2.22. The molecule has 0 saturated carbocycles. The van der Waals surface area contributed by atoms with E-state index in [9.17, 15) is 9.59 Å². The highest BCUT2D eigenvalue weighted by atomic mass is 16.5. The second kappa shape index (κ2) is 12.8. The van der Waals surface area contributed by atoms with E-state index in [1.54, 1.807) is 13.2 Å². The Morgan fingerprint density at radius 2 is 1.54 bits per heavy atom. The van der Waals surface area contributed by atoms with Crippen LogP contribution >= 0.6 is 0 Å². The molecule has 1 atom stereocenters. The third-order valence-corrected chi connectivity index (χ3v) is 5.61. The van der Waals surface area contributed by atoms with Gasteiger partial charge in [-0.3, -0.25) is 9.59 Å². The Morgan fingerprint density at radius 1 is 0.865 bits per heavy atom. The van der Waals surface area contributed by atoms with Crippen LogP contribution in [0.15, 0.2) is 72.8 Å². The van der Waals surface area contributed by atoms with Crippen molar-refractivity contribution in [3.8, 4) is 11.5 Å². The first-order valence-corrected chi connectivity index (χ1v) is 12.4. The number of hydrogen-bond acceptors (Lipinski definition) is 5. The third-order valence-electron chi connectivity index (χ3n) is 5.61. The number of rotatable bonds is 11. The summed E-state index contributed by atoms with van der Waals surface area (Å²) in [7, 11) is 1.63. The maximum atomic E-state index is 13.2. The number of carbonyl (C=O) groups excluding carboxylic acids is 2. The zero-order valence-corrected chi connectivity index (χ0v) is 22.3. The summed E-state index contributed by atoms with van der Waals surface area (Å²) in [6, 6.07) is 22.4. The van der Waals surface area contributed by atoms with E-state index in [0.717, 1.165) is 28.3 Å². The number of carbonyl (C=O) groups is 2. The van der Waals surface area contributed by atoms with Gasteiger partial charge in [0.25, 0.3) is 5.91 Å². The Morgan fingerprint density at radius 3 is 2.16 bits per heavy atom. The smallest absolute Gasteiger partial charge is 0.251 e. The Bertz CT molecular complexity index is 1170. The number of benzene rings is 3.